The highest BCUT2D eigenvalue weighted by molar-refractivity contribution is 6.12. The summed E-state index contributed by atoms with van der Waals surface area (Å²) in [7, 11) is 0. The van der Waals surface area contributed by atoms with Crippen LogP contribution in [0.3, 0.4) is 0 Å². The highest BCUT2D eigenvalue weighted by Crippen LogP contribution is 2.39. The van der Waals surface area contributed by atoms with Crippen LogP contribution in [0.5, 0.6) is 0 Å². The van der Waals surface area contributed by atoms with Crippen molar-refractivity contribution in [2.45, 2.75) is 12.5 Å². The number of hydrogen-bond acceptors (Lipinski definition) is 3. The molecule has 5 nitrogen and oxygen atoms in total. The molecule has 12 rings (SSSR count). The van der Waals surface area contributed by atoms with E-state index in [0.717, 1.165) is 39.2 Å². The molecule has 0 saturated heterocycles. The zero-order valence-electron chi connectivity index (χ0n) is 33.9. The molecule has 5 heteroatoms. The quantitative estimate of drug-likeness (QED) is 0.169. The van der Waals surface area contributed by atoms with Gasteiger partial charge in [0.25, 0.3) is 0 Å². The molecule has 0 spiro atoms. The van der Waals surface area contributed by atoms with Crippen LogP contribution < -0.4 is 10.6 Å². The van der Waals surface area contributed by atoms with E-state index in [1.165, 1.54) is 60.4 Å². The Balaban J connectivity index is 0.941. The average molecular weight is 796 g/mol. The van der Waals surface area contributed by atoms with Crippen molar-refractivity contribution >= 4 is 49.4 Å². The number of nitrogens with one attached hydrogen (secondary N) is 2. The Kier molecular flexibility index (Phi) is 8.65. The number of aromatic nitrogens is 2. The summed E-state index contributed by atoms with van der Waals surface area (Å²) in [4.78, 5) is 5.33. The van der Waals surface area contributed by atoms with Crippen LogP contribution in [0.4, 0.5) is 0 Å². The van der Waals surface area contributed by atoms with Crippen LogP contribution in [-0.2, 0) is 0 Å². The van der Waals surface area contributed by atoms with E-state index >= 15 is 0 Å². The lowest BCUT2D eigenvalue weighted by atomic mass is 9.98. The van der Waals surface area contributed by atoms with E-state index in [2.05, 4.69) is 244 Å². The average Bonchev–Trinajstić information content (AvgIpc) is 3.87. The van der Waals surface area contributed by atoms with Crippen molar-refractivity contribution in [3.05, 3.63) is 236 Å². The Morgan fingerprint density at radius 2 is 0.823 bits per heavy atom. The standard InChI is InChI=1S/C57H41N5/c1-4-15-38(16-5-1)39-27-29-40(30-28-39)42-19-14-20-45(35-42)56-58-55(41-17-6-2-7-18-41)59-57(60-56)62-52-26-13-11-24-48(52)50-37-44(32-34-54(50)62)43-31-33-53-49(36-43)47-23-10-12-25-51(47)61(53)46-21-8-3-9-22-46/h1-37,56-57,60H,(H,58,59). The molecule has 2 aromatic heterocycles. The normalized spacial score (nSPS) is 15.3. The molecule has 0 fully saturated rings. The van der Waals surface area contributed by atoms with Gasteiger partial charge in [-0.1, -0.05) is 170 Å². The summed E-state index contributed by atoms with van der Waals surface area (Å²) in [5.74, 6) is 0.850. The molecule has 2 unspecified atom stereocenters. The highest BCUT2D eigenvalue weighted by Gasteiger charge is 2.28. The Morgan fingerprint density at radius 3 is 1.53 bits per heavy atom. The van der Waals surface area contributed by atoms with Crippen LogP contribution in [0.25, 0.3) is 82.7 Å². The molecule has 0 saturated carbocycles. The van der Waals surface area contributed by atoms with Crippen molar-refractivity contribution in [2.75, 3.05) is 0 Å². The minimum atomic E-state index is -0.305. The van der Waals surface area contributed by atoms with Crippen molar-refractivity contribution in [1.29, 1.82) is 0 Å². The van der Waals surface area contributed by atoms with Crippen molar-refractivity contribution < 1.29 is 0 Å². The number of rotatable bonds is 7. The third-order valence-electron chi connectivity index (χ3n) is 12.4. The first-order valence-electron chi connectivity index (χ1n) is 21.3. The van der Waals surface area contributed by atoms with E-state index in [9.17, 15) is 0 Å². The Bertz CT molecular complexity index is 3460. The first-order valence-corrected chi connectivity index (χ1v) is 21.3. The van der Waals surface area contributed by atoms with E-state index in [1.54, 1.807) is 0 Å². The van der Waals surface area contributed by atoms with Gasteiger partial charge in [-0.25, -0.2) is 4.99 Å². The van der Waals surface area contributed by atoms with Gasteiger partial charge in [-0.15, -0.1) is 0 Å². The van der Waals surface area contributed by atoms with Crippen LogP contribution in [0.1, 0.15) is 23.6 Å². The molecule has 294 valence electrons. The van der Waals surface area contributed by atoms with E-state index in [1.807, 2.05) is 0 Å². The lowest BCUT2D eigenvalue weighted by Crippen LogP contribution is -2.47. The smallest absolute Gasteiger partial charge is 0.162 e. The largest absolute Gasteiger partial charge is 0.337 e. The van der Waals surface area contributed by atoms with Gasteiger partial charge in [0.1, 0.15) is 12.0 Å². The van der Waals surface area contributed by atoms with Crippen molar-refractivity contribution in [2.24, 2.45) is 4.99 Å². The maximum atomic E-state index is 5.33. The predicted octanol–water partition coefficient (Wildman–Crippen LogP) is 13.7. The first-order chi connectivity index (χ1) is 30.7. The van der Waals surface area contributed by atoms with Gasteiger partial charge in [0.2, 0.25) is 0 Å². The second-order valence-electron chi connectivity index (χ2n) is 16.1. The Morgan fingerprint density at radius 1 is 0.355 bits per heavy atom. The summed E-state index contributed by atoms with van der Waals surface area (Å²) in [5, 5.41) is 12.6. The summed E-state index contributed by atoms with van der Waals surface area (Å²) in [5.41, 5.74) is 15.1. The number of hydrogen-bond donors (Lipinski definition) is 2. The summed E-state index contributed by atoms with van der Waals surface area (Å²) in [6.07, 6.45) is -0.601. The van der Waals surface area contributed by atoms with Crippen LogP contribution >= 0.6 is 0 Å². The van der Waals surface area contributed by atoms with Gasteiger partial charge < -0.3 is 14.5 Å². The summed E-state index contributed by atoms with van der Waals surface area (Å²) in [6, 6.07) is 80.6. The molecular weight excluding hydrogens is 755 g/mol. The fourth-order valence-corrected chi connectivity index (χ4v) is 9.43. The van der Waals surface area contributed by atoms with Gasteiger partial charge >= 0.3 is 0 Å². The summed E-state index contributed by atoms with van der Waals surface area (Å²) >= 11 is 0. The van der Waals surface area contributed by atoms with Crippen molar-refractivity contribution in [3.63, 3.8) is 0 Å². The maximum absolute atomic E-state index is 5.33. The van der Waals surface area contributed by atoms with E-state index in [4.69, 9.17) is 4.99 Å². The molecule has 1 aliphatic heterocycles. The van der Waals surface area contributed by atoms with Crippen LogP contribution in [0.2, 0.25) is 0 Å². The maximum Gasteiger partial charge on any atom is 0.162 e. The minimum Gasteiger partial charge on any atom is -0.337 e. The monoisotopic (exact) mass is 795 g/mol. The SMILES string of the molecule is c1ccc(C2=NC(c3cccc(-c4ccc(-c5ccccc5)cc4)c3)NC(n3c4ccccc4c4cc(-c5ccc6c(c5)c5ccccc5n6-c5ccccc5)ccc43)N2)cc1. The van der Waals surface area contributed by atoms with Gasteiger partial charge in [-0.05, 0) is 93.5 Å². The molecule has 2 N–H and O–H groups in total. The first kappa shape index (κ1) is 35.9. The number of amidine groups is 1. The summed E-state index contributed by atoms with van der Waals surface area (Å²) < 4.78 is 4.77. The fourth-order valence-electron chi connectivity index (χ4n) is 9.43. The van der Waals surface area contributed by atoms with Gasteiger partial charge in [0.05, 0.1) is 22.1 Å². The number of fused-ring (bicyclic) bond motifs is 6. The lowest BCUT2D eigenvalue weighted by Gasteiger charge is -2.33. The number of aliphatic imine (C=N–C) groups is 1. The zero-order chi connectivity index (χ0) is 41.0. The number of nitrogens with zero attached hydrogens (tertiary/aromatic N) is 3. The van der Waals surface area contributed by atoms with E-state index in [-0.39, 0.29) is 12.5 Å². The molecular formula is C57H41N5. The van der Waals surface area contributed by atoms with E-state index < -0.39 is 0 Å². The molecule has 11 aromatic rings. The van der Waals surface area contributed by atoms with Crippen molar-refractivity contribution in [1.82, 2.24) is 19.8 Å². The molecule has 9 aromatic carbocycles. The highest BCUT2D eigenvalue weighted by atomic mass is 15.4. The molecule has 3 heterocycles. The van der Waals surface area contributed by atoms with Crippen LogP contribution in [-0.4, -0.2) is 15.0 Å². The molecule has 0 radical (unpaired) electrons. The topological polar surface area (TPSA) is 46.3 Å². The second kappa shape index (κ2) is 14.9. The summed E-state index contributed by atoms with van der Waals surface area (Å²) in [6.45, 7) is 0. The third kappa shape index (κ3) is 6.18. The van der Waals surface area contributed by atoms with Crippen LogP contribution in [0.15, 0.2) is 229 Å². The van der Waals surface area contributed by atoms with Crippen LogP contribution in [0, 0.1) is 0 Å². The molecule has 1 aliphatic rings. The number of para-hydroxylation sites is 3. The van der Waals surface area contributed by atoms with Crippen molar-refractivity contribution in [3.8, 4) is 39.1 Å². The molecule has 2 atom stereocenters. The zero-order valence-corrected chi connectivity index (χ0v) is 33.9. The van der Waals surface area contributed by atoms with E-state index in [0.29, 0.717) is 0 Å². The molecule has 0 aliphatic carbocycles. The van der Waals surface area contributed by atoms with Gasteiger partial charge in [0, 0.05) is 32.8 Å². The number of benzene rings is 9. The molecule has 0 bridgehead atoms. The van der Waals surface area contributed by atoms with Gasteiger partial charge in [-0.3, -0.25) is 5.32 Å². The van der Waals surface area contributed by atoms with Gasteiger partial charge in [0.15, 0.2) is 6.29 Å². The molecule has 62 heavy (non-hydrogen) atoms. The predicted molar refractivity (Wildman–Crippen MR) is 258 cm³/mol. The second-order valence-corrected chi connectivity index (χ2v) is 16.1. The lowest BCUT2D eigenvalue weighted by molar-refractivity contribution is 0.329. The third-order valence-corrected chi connectivity index (χ3v) is 12.4. The molecule has 0 amide bonds. The van der Waals surface area contributed by atoms with Gasteiger partial charge in [-0.2, -0.15) is 0 Å². The Hall–Kier alpha value is -7.99. The fraction of sp³-hybridized carbons (Fsp3) is 0.0351. The Labute approximate surface area is 359 Å². The minimum absolute atomic E-state index is 0.296.